The van der Waals surface area contributed by atoms with Crippen LogP contribution in [0.4, 0.5) is 0 Å². The van der Waals surface area contributed by atoms with Crippen LogP contribution in [0.5, 0.6) is 0 Å². The Labute approximate surface area is 276 Å². The van der Waals surface area contributed by atoms with Crippen LogP contribution in [0.1, 0.15) is 115 Å². The van der Waals surface area contributed by atoms with E-state index in [2.05, 4.69) is 16.9 Å². The molecule has 0 saturated carbocycles. The molecule has 0 aliphatic carbocycles. The van der Waals surface area contributed by atoms with Gasteiger partial charge in [0.25, 0.3) is 5.56 Å². The van der Waals surface area contributed by atoms with Crippen LogP contribution in [-0.4, -0.2) is 54.7 Å². The van der Waals surface area contributed by atoms with Crippen molar-refractivity contribution < 1.29 is 24.1 Å². The van der Waals surface area contributed by atoms with Gasteiger partial charge in [0.15, 0.2) is 0 Å². The molecule has 3 N–H and O–H groups in total. The van der Waals surface area contributed by atoms with Crippen molar-refractivity contribution in [1.29, 1.82) is 0 Å². The molecule has 12 nitrogen and oxygen atoms in total. The summed E-state index contributed by atoms with van der Waals surface area (Å²) < 4.78 is 20.3. The Morgan fingerprint density at radius 3 is 2.00 bits per heavy atom. The summed E-state index contributed by atoms with van der Waals surface area (Å²) in [4.78, 5) is 41.3. The molecule has 5 rings (SSSR count). The summed E-state index contributed by atoms with van der Waals surface area (Å²) >= 11 is 1.86. The van der Waals surface area contributed by atoms with Gasteiger partial charge >= 0.3 is 11.4 Å². The van der Waals surface area contributed by atoms with Gasteiger partial charge in [-0.1, -0.05) is 64.7 Å². The van der Waals surface area contributed by atoms with Crippen molar-refractivity contribution >= 4 is 33.7 Å². The summed E-state index contributed by atoms with van der Waals surface area (Å²) in [5.41, 5.74) is -0.821. The van der Waals surface area contributed by atoms with Crippen molar-refractivity contribution in [3.8, 4) is 0 Å². The zero-order chi connectivity index (χ0) is 32.2. The summed E-state index contributed by atoms with van der Waals surface area (Å²) in [6.07, 6.45) is 18.9. The third-order valence-corrected chi connectivity index (χ3v) is 9.15. The summed E-state index contributed by atoms with van der Waals surface area (Å²) in [6.45, 7) is 2.19. The monoisotopic (exact) mass is 742 g/mol. The Bertz CT molecular complexity index is 1520. The summed E-state index contributed by atoms with van der Waals surface area (Å²) in [5.74, 6) is 0.893. The number of ether oxygens (including phenoxy) is 2. The molecular formula is C32H47IN4O8. The van der Waals surface area contributed by atoms with E-state index < -0.39 is 17.5 Å². The highest BCUT2D eigenvalue weighted by Gasteiger charge is 2.28. The van der Waals surface area contributed by atoms with Crippen LogP contribution in [-0.2, 0) is 15.9 Å². The molecule has 0 amide bonds. The van der Waals surface area contributed by atoms with Gasteiger partial charge in [-0.3, -0.25) is 18.9 Å². The first kappa shape index (κ1) is 35.5. The Morgan fingerprint density at radius 1 is 0.844 bits per heavy atom. The minimum absolute atomic E-state index is 0.0182. The molecule has 0 bridgehead atoms. The van der Waals surface area contributed by atoms with Crippen molar-refractivity contribution in [2.24, 2.45) is 0 Å². The number of nitrogens with one attached hydrogen (secondary N) is 1. The highest BCUT2D eigenvalue weighted by molar-refractivity contribution is 14.1. The fourth-order valence-electron chi connectivity index (χ4n) is 5.82. The maximum absolute atomic E-state index is 12.3. The smallest absolute Gasteiger partial charge is 0.353 e. The molecule has 13 heteroatoms. The number of aliphatic hydroxyl groups excluding tert-OH is 2. The number of H-pyrrole nitrogens is 1. The molecular weight excluding hydrogens is 695 g/mol. The second-order valence-corrected chi connectivity index (χ2v) is 13.1. The zero-order valence-electron chi connectivity index (χ0n) is 26.1. The normalized spacial score (nSPS) is 21.3. The van der Waals surface area contributed by atoms with E-state index in [9.17, 15) is 19.5 Å². The summed E-state index contributed by atoms with van der Waals surface area (Å²) in [6, 6.07) is 1.99. The van der Waals surface area contributed by atoms with Gasteiger partial charge in [0.05, 0.1) is 34.4 Å². The molecule has 0 spiro atoms. The molecule has 3 aromatic heterocycles. The maximum Gasteiger partial charge on any atom is 0.353 e. The van der Waals surface area contributed by atoms with Crippen LogP contribution in [0.3, 0.4) is 0 Å². The van der Waals surface area contributed by atoms with Gasteiger partial charge in [-0.05, 0) is 60.8 Å². The number of hydrogen-bond acceptors (Lipinski definition) is 9. The van der Waals surface area contributed by atoms with Crippen molar-refractivity contribution in [3.05, 3.63) is 59.1 Å². The number of aromatic nitrogens is 4. The van der Waals surface area contributed by atoms with E-state index in [0.29, 0.717) is 28.5 Å². The van der Waals surface area contributed by atoms with Gasteiger partial charge in [-0.2, -0.15) is 4.98 Å². The SMILES string of the molecule is CCCCCCCCCCCCc1cc2cn([C@@H]3CC[C@H](CO)O3)c(=O)nc2o1.O=c1[nH]c(=O)n([C@@H]2CC[C@H](CO)O2)cc1I. The first-order valence-electron chi connectivity index (χ1n) is 16.4. The van der Waals surface area contributed by atoms with E-state index in [1.165, 1.54) is 73.1 Å². The van der Waals surface area contributed by atoms with Crippen LogP contribution in [0, 0.1) is 3.57 Å². The van der Waals surface area contributed by atoms with Crippen molar-refractivity contribution in [1.82, 2.24) is 19.1 Å². The number of aromatic amines is 1. The number of fused-ring (bicyclic) bond motifs is 1. The van der Waals surface area contributed by atoms with Crippen molar-refractivity contribution in [2.75, 3.05) is 13.2 Å². The maximum atomic E-state index is 12.3. The summed E-state index contributed by atoms with van der Waals surface area (Å²) in [7, 11) is 0. The first-order valence-corrected chi connectivity index (χ1v) is 17.5. The minimum Gasteiger partial charge on any atom is -0.443 e. The predicted octanol–water partition coefficient (Wildman–Crippen LogP) is 4.93. The topological polar surface area (TPSA) is 162 Å². The van der Waals surface area contributed by atoms with Crippen LogP contribution in [0.2, 0.25) is 0 Å². The third-order valence-electron chi connectivity index (χ3n) is 8.39. The van der Waals surface area contributed by atoms with Crippen molar-refractivity contribution in [3.63, 3.8) is 0 Å². The molecule has 45 heavy (non-hydrogen) atoms. The number of halogens is 1. The number of furan rings is 1. The standard InChI is InChI=1S/C23H36N2O4.C9H11IN2O4/c1-2-3-4-5-6-7-8-9-10-11-12-19-15-18-16-25(23(27)24-22(18)29-19)21-14-13-20(17-26)28-21;10-6-3-12(9(15)11-8(6)14)7-2-1-5(4-13)16-7/h15-16,20-21,26H,2-14,17H2,1H3;3,5,7,13H,1-2,4H2,(H,11,14,15)/t20-,21+;5-,7+/m11/s1. The number of nitrogens with zero attached hydrogens (tertiary/aromatic N) is 3. The summed E-state index contributed by atoms with van der Waals surface area (Å²) in [5, 5.41) is 19.0. The van der Waals surface area contributed by atoms with Crippen LogP contribution >= 0.6 is 22.6 Å². The molecule has 0 aromatic carbocycles. The van der Waals surface area contributed by atoms with Crippen LogP contribution in [0.25, 0.3) is 11.1 Å². The predicted molar refractivity (Wildman–Crippen MR) is 178 cm³/mol. The van der Waals surface area contributed by atoms with Gasteiger partial charge in [0.1, 0.15) is 18.2 Å². The lowest BCUT2D eigenvalue weighted by molar-refractivity contribution is -0.0247. The number of aryl methyl sites for hydroxylation is 1. The molecule has 0 unspecified atom stereocenters. The molecule has 250 valence electrons. The molecule has 5 heterocycles. The van der Waals surface area contributed by atoms with Gasteiger partial charge in [0.2, 0.25) is 5.71 Å². The number of rotatable bonds is 15. The van der Waals surface area contributed by atoms with E-state index in [-0.39, 0.29) is 37.3 Å². The highest BCUT2D eigenvalue weighted by atomic mass is 127. The highest BCUT2D eigenvalue weighted by Crippen LogP contribution is 2.28. The Kier molecular flexibility index (Phi) is 14.3. The van der Waals surface area contributed by atoms with E-state index in [1.54, 1.807) is 6.20 Å². The average Bonchev–Trinajstić information content (AvgIpc) is 3.79. The lowest BCUT2D eigenvalue weighted by Crippen LogP contribution is -2.33. The van der Waals surface area contributed by atoms with Gasteiger partial charge in [-0.15, -0.1) is 0 Å². The van der Waals surface area contributed by atoms with Crippen LogP contribution in [0.15, 0.2) is 37.3 Å². The molecule has 2 fully saturated rings. The number of unbranched alkanes of at least 4 members (excludes halogenated alkanes) is 9. The molecule has 2 aliphatic heterocycles. The Morgan fingerprint density at radius 2 is 1.42 bits per heavy atom. The second-order valence-electron chi connectivity index (χ2n) is 11.9. The minimum atomic E-state index is -0.478. The Hall–Kier alpha value is -2.33. The van der Waals surface area contributed by atoms with Gasteiger partial charge < -0.3 is 24.1 Å². The third kappa shape index (κ3) is 10.3. The van der Waals surface area contributed by atoms with E-state index in [1.807, 2.05) is 28.7 Å². The molecule has 3 aromatic rings. The van der Waals surface area contributed by atoms with Crippen LogP contribution < -0.4 is 16.9 Å². The van der Waals surface area contributed by atoms with Crippen molar-refractivity contribution in [2.45, 2.75) is 128 Å². The van der Waals surface area contributed by atoms with Gasteiger partial charge in [-0.25, -0.2) is 9.59 Å². The lowest BCUT2D eigenvalue weighted by atomic mass is 10.1. The fourth-order valence-corrected chi connectivity index (χ4v) is 6.25. The number of hydrogen-bond donors (Lipinski definition) is 3. The second kappa shape index (κ2) is 18.1. The lowest BCUT2D eigenvalue weighted by Gasteiger charge is -2.14. The quantitative estimate of drug-likeness (QED) is 0.145. The zero-order valence-corrected chi connectivity index (χ0v) is 28.3. The Balaban J connectivity index is 0.000000242. The van der Waals surface area contributed by atoms with E-state index >= 15 is 0 Å². The van der Waals surface area contributed by atoms with E-state index in [0.717, 1.165) is 30.4 Å². The number of aliphatic hydroxyl groups is 2. The molecule has 0 radical (unpaired) electrons. The first-order chi connectivity index (χ1) is 21.8. The van der Waals surface area contributed by atoms with E-state index in [4.69, 9.17) is 19.0 Å². The van der Waals surface area contributed by atoms with Gasteiger partial charge in [0, 0.05) is 18.8 Å². The fraction of sp³-hybridized carbons (Fsp3) is 0.688. The average molecular weight is 743 g/mol. The molecule has 4 atom stereocenters. The molecule has 2 aliphatic rings. The largest absolute Gasteiger partial charge is 0.443 e. The molecule has 2 saturated heterocycles.